The number of primary amides is 1. The first-order chi connectivity index (χ1) is 9.49. The zero-order valence-corrected chi connectivity index (χ0v) is 11.9. The summed E-state index contributed by atoms with van der Waals surface area (Å²) in [4.78, 5) is 29.5. The van der Waals surface area contributed by atoms with E-state index in [2.05, 4.69) is 10.3 Å². The molecular weight excluding hydrogens is 256 g/mol. The standard InChI is InChI=1S/C14H20N4O2/c1-9-7-11(13(15)20)14(17-10(9)2)16-8-12(19)18-5-3-4-6-18/h7H,3-6,8H2,1-2H3,(H2,15,20)(H,16,17). The number of aromatic nitrogens is 1. The van der Waals surface area contributed by atoms with Gasteiger partial charge in [-0.3, -0.25) is 9.59 Å². The van der Waals surface area contributed by atoms with Crippen LogP contribution in [0, 0.1) is 13.8 Å². The number of hydrogen-bond donors (Lipinski definition) is 2. The van der Waals surface area contributed by atoms with Crippen LogP contribution in [-0.2, 0) is 4.79 Å². The third kappa shape index (κ3) is 3.07. The summed E-state index contributed by atoms with van der Waals surface area (Å²) in [7, 11) is 0. The number of carbonyl (C=O) groups is 2. The van der Waals surface area contributed by atoms with E-state index >= 15 is 0 Å². The molecule has 0 aliphatic carbocycles. The molecule has 6 heteroatoms. The third-order valence-electron chi connectivity index (χ3n) is 3.60. The fourth-order valence-electron chi connectivity index (χ4n) is 2.27. The number of carbonyl (C=O) groups excluding carboxylic acids is 2. The van der Waals surface area contributed by atoms with Gasteiger partial charge < -0.3 is 16.0 Å². The van der Waals surface area contributed by atoms with Crippen LogP contribution in [0.25, 0.3) is 0 Å². The van der Waals surface area contributed by atoms with E-state index in [1.54, 1.807) is 6.07 Å². The zero-order valence-electron chi connectivity index (χ0n) is 11.9. The van der Waals surface area contributed by atoms with Crippen molar-refractivity contribution in [3.8, 4) is 0 Å². The Morgan fingerprint density at radius 3 is 2.60 bits per heavy atom. The number of nitrogens with two attached hydrogens (primary N) is 1. The number of hydrogen-bond acceptors (Lipinski definition) is 4. The molecule has 0 radical (unpaired) electrons. The van der Waals surface area contributed by atoms with E-state index in [1.807, 2.05) is 18.7 Å². The fourth-order valence-corrected chi connectivity index (χ4v) is 2.27. The first-order valence-electron chi connectivity index (χ1n) is 6.78. The minimum atomic E-state index is -0.545. The predicted molar refractivity (Wildman–Crippen MR) is 76.5 cm³/mol. The van der Waals surface area contributed by atoms with Gasteiger partial charge >= 0.3 is 0 Å². The molecule has 0 aromatic carbocycles. The second kappa shape index (κ2) is 5.90. The highest BCUT2D eigenvalue weighted by Gasteiger charge is 2.19. The van der Waals surface area contributed by atoms with Gasteiger partial charge in [0.05, 0.1) is 12.1 Å². The maximum absolute atomic E-state index is 12.0. The minimum absolute atomic E-state index is 0.0259. The van der Waals surface area contributed by atoms with Crippen molar-refractivity contribution in [3.05, 3.63) is 22.9 Å². The lowest BCUT2D eigenvalue weighted by Crippen LogP contribution is -2.33. The summed E-state index contributed by atoms with van der Waals surface area (Å²) >= 11 is 0. The van der Waals surface area contributed by atoms with Crippen molar-refractivity contribution < 1.29 is 9.59 Å². The van der Waals surface area contributed by atoms with Gasteiger partial charge in [0.1, 0.15) is 5.82 Å². The quantitative estimate of drug-likeness (QED) is 0.852. The van der Waals surface area contributed by atoms with Crippen LogP contribution in [0.2, 0.25) is 0 Å². The van der Waals surface area contributed by atoms with Crippen LogP contribution in [0.1, 0.15) is 34.5 Å². The molecule has 3 N–H and O–H groups in total. The van der Waals surface area contributed by atoms with Gasteiger partial charge in [0, 0.05) is 18.8 Å². The lowest BCUT2D eigenvalue weighted by atomic mass is 10.1. The summed E-state index contributed by atoms with van der Waals surface area (Å²) in [5.41, 5.74) is 7.38. The first kappa shape index (κ1) is 14.3. The molecule has 1 aromatic heterocycles. The number of aryl methyl sites for hydroxylation is 2. The molecule has 1 saturated heterocycles. The Morgan fingerprint density at radius 2 is 2.00 bits per heavy atom. The molecule has 0 bridgehead atoms. The van der Waals surface area contributed by atoms with Crippen LogP contribution >= 0.6 is 0 Å². The number of nitrogens with zero attached hydrogens (tertiary/aromatic N) is 2. The van der Waals surface area contributed by atoms with E-state index in [1.165, 1.54) is 0 Å². The smallest absolute Gasteiger partial charge is 0.252 e. The number of likely N-dealkylation sites (tertiary alicyclic amines) is 1. The maximum atomic E-state index is 12.0. The SMILES string of the molecule is Cc1cc(C(N)=O)c(NCC(=O)N2CCCC2)nc1C. The molecule has 1 aromatic rings. The van der Waals surface area contributed by atoms with Crippen molar-refractivity contribution in [2.75, 3.05) is 25.0 Å². The van der Waals surface area contributed by atoms with Crippen LogP contribution in [0.15, 0.2) is 6.07 Å². The summed E-state index contributed by atoms with van der Waals surface area (Å²) < 4.78 is 0. The van der Waals surface area contributed by atoms with Crippen LogP contribution in [0.5, 0.6) is 0 Å². The average Bonchev–Trinajstić information content (AvgIpc) is 2.93. The number of nitrogens with one attached hydrogen (secondary N) is 1. The van der Waals surface area contributed by atoms with Crippen LogP contribution in [-0.4, -0.2) is 41.3 Å². The van der Waals surface area contributed by atoms with Crippen molar-refractivity contribution in [3.63, 3.8) is 0 Å². The van der Waals surface area contributed by atoms with Gasteiger partial charge in [-0.25, -0.2) is 4.98 Å². The van der Waals surface area contributed by atoms with Gasteiger partial charge in [0.15, 0.2) is 0 Å². The largest absolute Gasteiger partial charge is 0.365 e. The van der Waals surface area contributed by atoms with Crippen molar-refractivity contribution in [2.45, 2.75) is 26.7 Å². The molecule has 2 heterocycles. The van der Waals surface area contributed by atoms with Gasteiger partial charge in [0.2, 0.25) is 5.91 Å². The lowest BCUT2D eigenvalue weighted by molar-refractivity contribution is -0.128. The summed E-state index contributed by atoms with van der Waals surface area (Å²) in [6, 6.07) is 1.70. The number of amides is 2. The molecule has 0 spiro atoms. The van der Waals surface area contributed by atoms with E-state index in [0.29, 0.717) is 11.4 Å². The Bertz CT molecular complexity index is 536. The molecule has 1 fully saturated rings. The Balaban J connectivity index is 2.10. The van der Waals surface area contributed by atoms with Crippen molar-refractivity contribution in [2.24, 2.45) is 5.73 Å². The summed E-state index contributed by atoms with van der Waals surface area (Å²) in [5, 5.41) is 2.94. The van der Waals surface area contributed by atoms with Crippen molar-refractivity contribution in [1.82, 2.24) is 9.88 Å². The monoisotopic (exact) mass is 276 g/mol. The van der Waals surface area contributed by atoms with E-state index in [-0.39, 0.29) is 12.5 Å². The highest BCUT2D eigenvalue weighted by atomic mass is 16.2. The number of anilines is 1. The van der Waals surface area contributed by atoms with E-state index in [9.17, 15) is 9.59 Å². The Kier molecular flexibility index (Phi) is 4.22. The average molecular weight is 276 g/mol. The minimum Gasteiger partial charge on any atom is -0.365 e. The van der Waals surface area contributed by atoms with E-state index in [4.69, 9.17) is 5.73 Å². The molecule has 20 heavy (non-hydrogen) atoms. The van der Waals surface area contributed by atoms with Crippen LogP contribution in [0.4, 0.5) is 5.82 Å². The van der Waals surface area contributed by atoms with Crippen molar-refractivity contribution >= 4 is 17.6 Å². The van der Waals surface area contributed by atoms with Gasteiger partial charge in [-0.1, -0.05) is 0 Å². The first-order valence-corrected chi connectivity index (χ1v) is 6.78. The van der Waals surface area contributed by atoms with Gasteiger partial charge in [-0.05, 0) is 38.3 Å². The van der Waals surface area contributed by atoms with Gasteiger partial charge in [-0.15, -0.1) is 0 Å². The molecule has 0 unspecified atom stereocenters. The summed E-state index contributed by atoms with van der Waals surface area (Å²) in [6.07, 6.45) is 2.11. The second-order valence-corrected chi connectivity index (χ2v) is 5.09. The zero-order chi connectivity index (χ0) is 14.7. The third-order valence-corrected chi connectivity index (χ3v) is 3.60. The summed E-state index contributed by atoms with van der Waals surface area (Å²) in [5.74, 6) is -0.136. The predicted octanol–water partition coefficient (Wildman–Crippen LogP) is 0.832. The van der Waals surface area contributed by atoms with Gasteiger partial charge in [0.25, 0.3) is 5.91 Å². The van der Waals surface area contributed by atoms with Crippen LogP contribution < -0.4 is 11.1 Å². The molecule has 2 amide bonds. The lowest BCUT2D eigenvalue weighted by Gasteiger charge is -2.17. The highest BCUT2D eigenvalue weighted by Crippen LogP contribution is 2.17. The molecule has 1 aliphatic rings. The van der Waals surface area contributed by atoms with Crippen molar-refractivity contribution in [1.29, 1.82) is 0 Å². The maximum Gasteiger partial charge on any atom is 0.252 e. The van der Waals surface area contributed by atoms with E-state index < -0.39 is 5.91 Å². The molecule has 0 saturated carbocycles. The number of pyridine rings is 1. The van der Waals surface area contributed by atoms with Crippen LogP contribution in [0.3, 0.4) is 0 Å². The topological polar surface area (TPSA) is 88.3 Å². The number of rotatable bonds is 4. The molecule has 2 rings (SSSR count). The highest BCUT2D eigenvalue weighted by molar-refractivity contribution is 5.98. The molecule has 0 atom stereocenters. The fraction of sp³-hybridized carbons (Fsp3) is 0.500. The molecular formula is C14H20N4O2. The van der Waals surface area contributed by atoms with E-state index in [0.717, 1.165) is 37.2 Å². The van der Waals surface area contributed by atoms with Gasteiger partial charge in [-0.2, -0.15) is 0 Å². The summed E-state index contributed by atoms with van der Waals surface area (Å²) in [6.45, 7) is 5.48. The Morgan fingerprint density at radius 1 is 1.35 bits per heavy atom. The molecule has 1 aliphatic heterocycles. The normalized spacial score (nSPS) is 14.4. The Labute approximate surface area is 118 Å². The molecule has 6 nitrogen and oxygen atoms in total. The second-order valence-electron chi connectivity index (χ2n) is 5.09. The Hall–Kier alpha value is -2.11. The molecule has 108 valence electrons.